The third-order valence-electron chi connectivity index (χ3n) is 3.70. The number of amides is 1. The molecule has 3 aromatic rings. The van der Waals surface area contributed by atoms with Gasteiger partial charge in [0.2, 0.25) is 5.91 Å². The monoisotopic (exact) mass is 344 g/mol. The summed E-state index contributed by atoms with van der Waals surface area (Å²) in [6.45, 7) is 1.91. The largest absolute Gasteiger partial charge is 0.366 e. The molecule has 24 heavy (non-hydrogen) atoms. The molecule has 0 fully saturated rings. The van der Waals surface area contributed by atoms with Gasteiger partial charge in [-0.15, -0.1) is 5.10 Å². The van der Waals surface area contributed by atoms with Crippen molar-refractivity contribution >= 4 is 16.7 Å². The van der Waals surface area contributed by atoms with Gasteiger partial charge in [0.25, 0.3) is 0 Å². The number of aryl methyl sites for hydroxylation is 1. The van der Waals surface area contributed by atoms with Crippen LogP contribution >= 0.6 is 0 Å². The molecule has 2 N–H and O–H groups in total. The lowest BCUT2D eigenvalue weighted by Gasteiger charge is -2.06. The van der Waals surface area contributed by atoms with Crippen LogP contribution < -0.4 is 5.73 Å². The first kappa shape index (κ1) is 16.1. The van der Waals surface area contributed by atoms with E-state index in [0.717, 1.165) is 5.56 Å². The number of aromatic nitrogens is 5. The third kappa shape index (κ3) is 2.73. The van der Waals surface area contributed by atoms with Crippen molar-refractivity contribution in [3.05, 3.63) is 41.7 Å². The van der Waals surface area contributed by atoms with E-state index in [1.165, 1.54) is 0 Å². The van der Waals surface area contributed by atoms with Crippen molar-refractivity contribution in [1.29, 1.82) is 0 Å². The highest BCUT2D eigenvalue weighted by Gasteiger charge is 2.15. The van der Waals surface area contributed by atoms with Gasteiger partial charge in [0.1, 0.15) is 5.69 Å². The van der Waals surface area contributed by atoms with Crippen LogP contribution in [0.3, 0.4) is 0 Å². The van der Waals surface area contributed by atoms with Gasteiger partial charge >= 0.3 is 0 Å². The van der Waals surface area contributed by atoms with Crippen LogP contribution in [-0.2, 0) is 17.8 Å². The molecule has 124 valence electrons. The lowest BCUT2D eigenvalue weighted by atomic mass is 10.1. The predicted molar refractivity (Wildman–Crippen MR) is 89.1 cm³/mol. The molecule has 1 unspecified atom stereocenters. The minimum Gasteiger partial charge on any atom is -0.366 e. The van der Waals surface area contributed by atoms with Crippen LogP contribution in [0.2, 0.25) is 0 Å². The molecule has 3 rings (SSSR count). The zero-order valence-electron chi connectivity index (χ0n) is 13.4. The SMILES string of the molecule is Cc1ccc(C(N)=O)cc1-n1cc(-c2cnc(S(C)=O)n2C)nn1. The molecule has 0 aliphatic rings. The highest BCUT2D eigenvalue weighted by Crippen LogP contribution is 2.21. The number of rotatable bonds is 4. The summed E-state index contributed by atoms with van der Waals surface area (Å²) in [7, 11) is 0.586. The van der Waals surface area contributed by atoms with Gasteiger partial charge in [0.15, 0.2) is 5.16 Å². The molecule has 8 nitrogen and oxygen atoms in total. The predicted octanol–water partition coefficient (Wildman–Crippen LogP) is 0.813. The molecule has 1 amide bonds. The van der Waals surface area contributed by atoms with Crippen LogP contribution in [0.15, 0.2) is 35.7 Å². The van der Waals surface area contributed by atoms with Crippen LogP contribution in [0.5, 0.6) is 0 Å². The van der Waals surface area contributed by atoms with E-state index in [-0.39, 0.29) is 0 Å². The standard InChI is InChI=1S/C15H16N6O2S/c1-9-4-5-10(14(16)22)6-12(9)21-8-11(18-19-21)13-7-17-15(20(13)2)24(3)23/h4-8H,1-3H3,(H2,16,22). The molecule has 0 saturated heterocycles. The highest BCUT2D eigenvalue weighted by atomic mass is 32.2. The van der Waals surface area contributed by atoms with Crippen LogP contribution in [0.4, 0.5) is 0 Å². The Kier molecular flexibility index (Phi) is 4.02. The first-order valence-corrected chi connectivity index (χ1v) is 8.63. The normalized spacial score (nSPS) is 12.3. The van der Waals surface area contributed by atoms with E-state index in [9.17, 15) is 9.00 Å². The van der Waals surface area contributed by atoms with Crippen molar-refractivity contribution in [2.45, 2.75) is 12.1 Å². The maximum absolute atomic E-state index is 11.6. The Morgan fingerprint density at radius 2 is 2.08 bits per heavy atom. The zero-order chi connectivity index (χ0) is 17.4. The highest BCUT2D eigenvalue weighted by molar-refractivity contribution is 7.84. The van der Waals surface area contributed by atoms with Crippen LogP contribution in [-0.4, -0.2) is 40.9 Å². The molecule has 0 saturated carbocycles. The topological polar surface area (TPSA) is 109 Å². The smallest absolute Gasteiger partial charge is 0.248 e. The Hall–Kier alpha value is -2.81. The third-order valence-corrected chi connectivity index (χ3v) is 4.59. The summed E-state index contributed by atoms with van der Waals surface area (Å²) in [6.07, 6.45) is 4.91. The van der Waals surface area contributed by atoms with E-state index in [1.54, 1.807) is 53.1 Å². The summed E-state index contributed by atoms with van der Waals surface area (Å²) >= 11 is 0. The lowest BCUT2D eigenvalue weighted by molar-refractivity contribution is 0.1000. The lowest BCUT2D eigenvalue weighted by Crippen LogP contribution is -2.12. The first-order chi connectivity index (χ1) is 11.4. The Morgan fingerprint density at radius 3 is 2.71 bits per heavy atom. The molecule has 0 bridgehead atoms. The van der Waals surface area contributed by atoms with Gasteiger partial charge in [-0.2, -0.15) is 0 Å². The van der Waals surface area contributed by atoms with Crippen molar-refractivity contribution in [2.24, 2.45) is 12.8 Å². The quantitative estimate of drug-likeness (QED) is 0.753. The molecule has 0 aliphatic heterocycles. The van der Waals surface area contributed by atoms with Gasteiger partial charge in [-0.3, -0.25) is 9.00 Å². The van der Waals surface area contributed by atoms with E-state index in [4.69, 9.17) is 5.73 Å². The summed E-state index contributed by atoms with van der Waals surface area (Å²) in [5, 5.41) is 8.73. The first-order valence-electron chi connectivity index (χ1n) is 7.07. The van der Waals surface area contributed by atoms with E-state index >= 15 is 0 Å². The maximum atomic E-state index is 11.6. The Morgan fingerprint density at radius 1 is 1.33 bits per heavy atom. The zero-order valence-corrected chi connectivity index (χ0v) is 14.2. The summed E-state index contributed by atoms with van der Waals surface area (Å²) < 4.78 is 14.9. The summed E-state index contributed by atoms with van der Waals surface area (Å²) in [5.74, 6) is -0.502. The molecule has 1 aromatic carbocycles. The minimum atomic E-state index is -1.19. The molecular weight excluding hydrogens is 328 g/mol. The Balaban J connectivity index is 2.04. The van der Waals surface area contributed by atoms with Gasteiger partial charge in [0, 0.05) is 18.9 Å². The average Bonchev–Trinajstić information content (AvgIpc) is 3.13. The number of carbonyl (C=O) groups is 1. The number of benzene rings is 1. The second kappa shape index (κ2) is 6.00. The summed E-state index contributed by atoms with van der Waals surface area (Å²) in [6, 6.07) is 5.15. The number of nitrogens with zero attached hydrogens (tertiary/aromatic N) is 5. The van der Waals surface area contributed by atoms with Crippen molar-refractivity contribution in [3.63, 3.8) is 0 Å². The van der Waals surface area contributed by atoms with Gasteiger partial charge < -0.3 is 10.3 Å². The van der Waals surface area contributed by atoms with Crippen molar-refractivity contribution in [3.8, 4) is 17.1 Å². The fourth-order valence-electron chi connectivity index (χ4n) is 2.41. The summed E-state index contributed by atoms with van der Waals surface area (Å²) in [4.78, 5) is 15.5. The Labute approximate surface area is 140 Å². The molecule has 0 radical (unpaired) electrons. The van der Waals surface area contributed by atoms with Crippen molar-refractivity contribution < 1.29 is 9.00 Å². The molecule has 2 heterocycles. The second-order valence-electron chi connectivity index (χ2n) is 5.35. The number of hydrogen-bond acceptors (Lipinski definition) is 5. The number of carbonyl (C=O) groups excluding carboxylic acids is 1. The molecule has 2 aromatic heterocycles. The van der Waals surface area contributed by atoms with Gasteiger partial charge in [-0.25, -0.2) is 9.67 Å². The maximum Gasteiger partial charge on any atom is 0.248 e. The van der Waals surface area contributed by atoms with E-state index in [1.807, 2.05) is 6.92 Å². The second-order valence-corrected chi connectivity index (χ2v) is 6.63. The molecule has 0 aliphatic carbocycles. The number of imidazole rings is 1. The minimum absolute atomic E-state index is 0.400. The Bertz CT molecular complexity index is 959. The van der Waals surface area contributed by atoms with E-state index in [0.29, 0.717) is 27.8 Å². The number of nitrogens with two attached hydrogens (primary N) is 1. The van der Waals surface area contributed by atoms with Crippen LogP contribution in [0.25, 0.3) is 17.1 Å². The number of primary amides is 1. The molecule has 1 atom stereocenters. The van der Waals surface area contributed by atoms with E-state index < -0.39 is 16.7 Å². The van der Waals surface area contributed by atoms with E-state index in [2.05, 4.69) is 15.3 Å². The van der Waals surface area contributed by atoms with Crippen molar-refractivity contribution in [1.82, 2.24) is 24.5 Å². The van der Waals surface area contributed by atoms with Crippen LogP contribution in [0, 0.1) is 6.92 Å². The van der Waals surface area contributed by atoms with Crippen LogP contribution in [0.1, 0.15) is 15.9 Å². The fraction of sp³-hybridized carbons (Fsp3) is 0.200. The fourth-order valence-corrected chi connectivity index (χ4v) is 3.09. The number of hydrogen-bond donors (Lipinski definition) is 1. The van der Waals surface area contributed by atoms with Crippen molar-refractivity contribution in [2.75, 3.05) is 6.26 Å². The average molecular weight is 344 g/mol. The van der Waals surface area contributed by atoms with Gasteiger partial charge in [-0.1, -0.05) is 11.3 Å². The molecular formula is C15H16N6O2S. The summed E-state index contributed by atoms with van der Waals surface area (Å²) in [5.41, 5.74) is 8.67. The van der Waals surface area contributed by atoms with Gasteiger partial charge in [-0.05, 0) is 24.6 Å². The molecule has 9 heteroatoms. The molecule has 0 spiro atoms. The van der Waals surface area contributed by atoms with Gasteiger partial charge in [0.05, 0.1) is 34.6 Å².